The number of amides is 2. The summed E-state index contributed by atoms with van der Waals surface area (Å²) in [7, 11) is 0. The molecular formula is C15H30N2O3. The molecule has 1 aliphatic carbocycles. The van der Waals surface area contributed by atoms with E-state index in [2.05, 4.69) is 10.6 Å². The van der Waals surface area contributed by atoms with Gasteiger partial charge in [0.15, 0.2) is 0 Å². The van der Waals surface area contributed by atoms with Crippen LogP contribution >= 0.6 is 0 Å². The van der Waals surface area contributed by atoms with Crippen LogP contribution < -0.4 is 10.6 Å². The molecule has 118 valence electrons. The Labute approximate surface area is 122 Å². The first-order chi connectivity index (χ1) is 9.28. The van der Waals surface area contributed by atoms with Gasteiger partial charge in [-0.1, -0.05) is 20.3 Å². The van der Waals surface area contributed by atoms with E-state index >= 15 is 0 Å². The zero-order chi connectivity index (χ0) is 15.2. The van der Waals surface area contributed by atoms with Crippen molar-refractivity contribution in [1.82, 2.24) is 10.6 Å². The van der Waals surface area contributed by atoms with E-state index in [-0.39, 0.29) is 23.7 Å². The van der Waals surface area contributed by atoms with Crippen molar-refractivity contribution in [2.45, 2.75) is 65.1 Å². The number of aliphatic hydroxyl groups is 2. The van der Waals surface area contributed by atoms with Crippen LogP contribution in [0.15, 0.2) is 0 Å². The summed E-state index contributed by atoms with van der Waals surface area (Å²) in [5.74, 6) is 0.384. The smallest absolute Gasteiger partial charge is 0.314 e. The normalized spacial score (nSPS) is 25.1. The standard InChI is InChI=1S/C15H30N2O3/c1-11(18)8-15(2,3)10-17-14(20)16-9-12-5-4-6-13(19)7-12/h11-13,18-19H,4-10H2,1-3H3,(H2,16,17,20). The fourth-order valence-electron chi connectivity index (χ4n) is 2.94. The molecule has 0 radical (unpaired) electrons. The number of urea groups is 1. The summed E-state index contributed by atoms with van der Waals surface area (Å²) in [5.41, 5.74) is -0.119. The summed E-state index contributed by atoms with van der Waals surface area (Å²) in [6, 6.07) is -0.163. The highest BCUT2D eigenvalue weighted by Crippen LogP contribution is 2.23. The predicted molar refractivity (Wildman–Crippen MR) is 79.4 cm³/mol. The van der Waals surface area contributed by atoms with Crippen LogP contribution in [0.5, 0.6) is 0 Å². The van der Waals surface area contributed by atoms with E-state index in [4.69, 9.17) is 0 Å². The average molecular weight is 286 g/mol. The Hall–Kier alpha value is -0.810. The van der Waals surface area contributed by atoms with E-state index in [0.29, 0.717) is 25.4 Å². The van der Waals surface area contributed by atoms with Crippen molar-refractivity contribution in [2.24, 2.45) is 11.3 Å². The molecule has 1 rings (SSSR count). The second-order valence-corrected chi connectivity index (χ2v) is 6.97. The van der Waals surface area contributed by atoms with Gasteiger partial charge in [0.05, 0.1) is 12.2 Å². The van der Waals surface area contributed by atoms with Crippen LogP contribution in [0.2, 0.25) is 0 Å². The Morgan fingerprint density at radius 1 is 1.35 bits per heavy atom. The maximum Gasteiger partial charge on any atom is 0.314 e. The van der Waals surface area contributed by atoms with Crippen molar-refractivity contribution >= 4 is 6.03 Å². The van der Waals surface area contributed by atoms with Crippen LogP contribution in [-0.4, -0.2) is 41.5 Å². The number of hydrogen-bond donors (Lipinski definition) is 4. The summed E-state index contributed by atoms with van der Waals surface area (Å²) in [5, 5.41) is 24.7. The Kier molecular flexibility index (Phi) is 6.76. The van der Waals surface area contributed by atoms with E-state index in [0.717, 1.165) is 25.7 Å². The van der Waals surface area contributed by atoms with E-state index in [1.54, 1.807) is 6.92 Å². The Morgan fingerprint density at radius 3 is 2.65 bits per heavy atom. The molecule has 20 heavy (non-hydrogen) atoms. The molecule has 0 heterocycles. The molecule has 5 heteroatoms. The lowest BCUT2D eigenvalue weighted by molar-refractivity contribution is 0.101. The van der Waals surface area contributed by atoms with E-state index in [1.165, 1.54) is 0 Å². The van der Waals surface area contributed by atoms with Gasteiger partial charge in [-0.05, 0) is 43.9 Å². The second-order valence-electron chi connectivity index (χ2n) is 6.97. The highest BCUT2D eigenvalue weighted by Gasteiger charge is 2.22. The molecule has 1 saturated carbocycles. The van der Waals surface area contributed by atoms with E-state index in [9.17, 15) is 15.0 Å². The first kappa shape index (κ1) is 17.2. The van der Waals surface area contributed by atoms with Gasteiger partial charge in [-0.25, -0.2) is 4.79 Å². The number of nitrogens with one attached hydrogen (secondary N) is 2. The summed E-state index contributed by atoms with van der Waals surface area (Å²) in [6.45, 7) is 6.97. The van der Waals surface area contributed by atoms with Crippen molar-refractivity contribution in [3.05, 3.63) is 0 Å². The minimum atomic E-state index is -0.362. The summed E-state index contributed by atoms with van der Waals surface area (Å²) >= 11 is 0. The molecule has 1 fully saturated rings. The van der Waals surface area contributed by atoms with E-state index < -0.39 is 0 Å². The van der Waals surface area contributed by atoms with Gasteiger partial charge >= 0.3 is 6.03 Å². The molecule has 3 atom stereocenters. The highest BCUT2D eigenvalue weighted by molar-refractivity contribution is 5.73. The molecule has 0 spiro atoms. The van der Waals surface area contributed by atoms with Crippen LogP contribution in [0.25, 0.3) is 0 Å². The zero-order valence-corrected chi connectivity index (χ0v) is 13.0. The summed E-state index contributed by atoms with van der Waals surface area (Å²) < 4.78 is 0. The zero-order valence-electron chi connectivity index (χ0n) is 13.0. The van der Waals surface area contributed by atoms with Crippen LogP contribution in [0.1, 0.15) is 52.9 Å². The van der Waals surface area contributed by atoms with Crippen molar-refractivity contribution in [3.8, 4) is 0 Å². The second kappa shape index (κ2) is 7.84. The van der Waals surface area contributed by atoms with Crippen molar-refractivity contribution in [2.75, 3.05) is 13.1 Å². The molecule has 0 aliphatic heterocycles. The maximum absolute atomic E-state index is 11.8. The Bertz CT molecular complexity index is 305. The number of hydrogen-bond acceptors (Lipinski definition) is 3. The molecule has 0 aromatic rings. The minimum Gasteiger partial charge on any atom is -0.393 e. The van der Waals surface area contributed by atoms with Gasteiger partial charge < -0.3 is 20.8 Å². The monoisotopic (exact) mass is 286 g/mol. The van der Waals surface area contributed by atoms with Gasteiger partial charge in [0.2, 0.25) is 0 Å². The number of carbonyl (C=O) groups is 1. The van der Waals surface area contributed by atoms with Crippen molar-refractivity contribution < 1.29 is 15.0 Å². The van der Waals surface area contributed by atoms with Gasteiger partial charge in [0.25, 0.3) is 0 Å². The first-order valence-electron chi connectivity index (χ1n) is 7.66. The third kappa shape index (κ3) is 7.10. The maximum atomic E-state index is 11.8. The fourth-order valence-corrected chi connectivity index (χ4v) is 2.94. The highest BCUT2D eigenvalue weighted by atomic mass is 16.3. The molecule has 4 N–H and O–H groups in total. The largest absolute Gasteiger partial charge is 0.393 e. The molecule has 0 aromatic heterocycles. The topological polar surface area (TPSA) is 81.6 Å². The third-order valence-corrected chi connectivity index (χ3v) is 3.88. The third-order valence-electron chi connectivity index (χ3n) is 3.88. The quantitative estimate of drug-likeness (QED) is 0.599. The van der Waals surface area contributed by atoms with E-state index in [1.807, 2.05) is 13.8 Å². The molecular weight excluding hydrogens is 256 g/mol. The first-order valence-corrected chi connectivity index (χ1v) is 7.66. The lowest BCUT2D eigenvalue weighted by atomic mass is 9.87. The molecule has 5 nitrogen and oxygen atoms in total. The molecule has 2 amide bonds. The van der Waals surface area contributed by atoms with Crippen molar-refractivity contribution in [3.63, 3.8) is 0 Å². The Morgan fingerprint density at radius 2 is 2.05 bits per heavy atom. The fraction of sp³-hybridized carbons (Fsp3) is 0.933. The van der Waals surface area contributed by atoms with Crippen LogP contribution in [0, 0.1) is 11.3 Å². The SMILES string of the molecule is CC(O)CC(C)(C)CNC(=O)NCC1CCCC(O)C1. The van der Waals surface area contributed by atoms with Gasteiger partial charge in [0.1, 0.15) is 0 Å². The summed E-state index contributed by atoms with van der Waals surface area (Å²) in [6.07, 6.45) is 3.87. The van der Waals surface area contributed by atoms with Gasteiger partial charge in [0, 0.05) is 13.1 Å². The molecule has 3 unspecified atom stereocenters. The summed E-state index contributed by atoms with van der Waals surface area (Å²) in [4.78, 5) is 11.8. The minimum absolute atomic E-state index is 0.119. The Balaban J connectivity index is 2.20. The lowest BCUT2D eigenvalue weighted by Gasteiger charge is -2.28. The van der Waals surface area contributed by atoms with Gasteiger partial charge in [-0.3, -0.25) is 0 Å². The lowest BCUT2D eigenvalue weighted by Crippen LogP contribution is -2.43. The van der Waals surface area contributed by atoms with Crippen LogP contribution in [-0.2, 0) is 0 Å². The average Bonchev–Trinajstić information content (AvgIpc) is 2.32. The van der Waals surface area contributed by atoms with Crippen molar-refractivity contribution in [1.29, 1.82) is 0 Å². The molecule has 0 bridgehead atoms. The van der Waals surface area contributed by atoms with Gasteiger partial charge in [-0.2, -0.15) is 0 Å². The number of carbonyl (C=O) groups excluding carboxylic acids is 1. The number of aliphatic hydroxyl groups excluding tert-OH is 2. The van der Waals surface area contributed by atoms with Gasteiger partial charge in [-0.15, -0.1) is 0 Å². The molecule has 0 saturated heterocycles. The predicted octanol–water partition coefficient (Wildman–Crippen LogP) is 1.63. The van der Waals surface area contributed by atoms with Crippen LogP contribution in [0.4, 0.5) is 4.79 Å². The van der Waals surface area contributed by atoms with Crippen LogP contribution in [0.3, 0.4) is 0 Å². The number of rotatable bonds is 6. The molecule has 1 aliphatic rings. The molecule has 0 aromatic carbocycles.